The zero-order valence-electron chi connectivity index (χ0n) is 19.2. The van der Waals surface area contributed by atoms with Gasteiger partial charge in [-0.2, -0.15) is 0 Å². The fraction of sp³-hybridized carbons (Fsp3) is 0.148. The largest absolute Gasteiger partial charge is 0.507 e. The molecule has 8 heteroatoms. The van der Waals surface area contributed by atoms with Gasteiger partial charge in [0.15, 0.2) is 0 Å². The van der Waals surface area contributed by atoms with Crippen molar-refractivity contribution in [3.63, 3.8) is 0 Å². The van der Waals surface area contributed by atoms with Crippen molar-refractivity contribution in [2.45, 2.75) is 13.0 Å². The predicted molar refractivity (Wildman–Crippen MR) is 134 cm³/mol. The van der Waals surface area contributed by atoms with Crippen LogP contribution in [0.25, 0.3) is 5.76 Å². The number of aryl methyl sites for hydroxylation is 1. The highest BCUT2D eigenvalue weighted by atomic mass is 79.9. The molecule has 4 rings (SSSR count). The molecular weight excluding hydrogens is 514 g/mol. The van der Waals surface area contributed by atoms with Gasteiger partial charge in [-0.15, -0.1) is 0 Å². The summed E-state index contributed by atoms with van der Waals surface area (Å²) in [5.41, 5.74) is 2.63. The number of methoxy groups -OCH3 is 2. The summed E-state index contributed by atoms with van der Waals surface area (Å²) in [6.45, 7) is 1.91. The minimum Gasteiger partial charge on any atom is -0.507 e. The Morgan fingerprint density at radius 1 is 0.943 bits per heavy atom. The third kappa shape index (κ3) is 4.44. The summed E-state index contributed by atoms with van der Waals surface area (Å²) in [5.74, 6) is -1.80. The van der Waals surface area contributed by atoms with Crippen molar-refractivity contribution in [3.8, 4) is 5.75 Å². The first-order chi connectivity index (χ1) is 16.8. The number of Topliss-reactive ketones (excluding diaryl/α,β-unsaturated/α-hetero) is 1. The molecule has 1 amide bonds. The monoisotopic (exact) mass is 535 g/mol. The molecule has 1 fully saturated rings. The number of nitrogens with zero attached hydrogens (tertiary/aromatic N) is 1. The lowest BCUT2D eigenvalue weighted by atomic mass is 9.94. The van der Waals surface area contributed by atoms with Crippen molar-refractivity contribution in [1.82, 2.24) is 0 Å². The number of carbonyl (C=O) groups excluding carboxylic acids is 3. The maximum atomic E-state index is 13.3. The first-order valence-electron chi connectivity index (χ1n) is 10.7. The minimum atomic E-state index is -0.918. The highest BCUT2D eigenvalue weighted by Gasteiger charge is 2.47. The number of aliphatic hydroxyl groups excluding tert-OH is 1. The van der Waals surface area contributed by atoms with E-state index in [0.29, 0.717) is 28.1 Å². The van der Waals surface area contributed by atoms with E-state index in [9.17, 15) is 19.5 Å². The minimum absolute atomic E-state index is 0.0531. The zero-order chi connectivity index (χ0) is 25.3. The Morgan fingerprint density at radius 2 is 1.57 bits per heavy atom. The molecule has 35 heavy (non-hydrogen) atoms. The number of hydrogen-bond acceptors (Lipinski definition) is 6. The number of anilines is 1. The summed E-state index contributed by atoms with van der Waals surface area (Å²) in [5, 5.41) is 11.2. The van der Waals surface area contributed by atoms with Crippen LogP contribution in [0.1, 0.15) is 33.1 Å². The van der Waals surface area contributed by atoms with E-state index in [1.165, 1.54) is 19.1 Å². The third-order valence-electron chi connectivity index (χ3n) is 5.89. The number of rotatable bonds is 5. The molecule has 1 aliphatic rings. The molecule has 0 bridgehead atoms. The number of aliphatic hydroxyl groups is 1. The predicted octanol–water partition coefficient (Wildman–Crippen LogP) is 5.18. The number of ether oxygens (including phenoxy) is 2. The average molecular weight is 536 g/mol. The number of benzene rings is 3. The lowest BCUT2D eigenvalue weighted by Gasteiger charge is -2.26. The van der Waals surface area contributed by atoms with Crippen molar-refractivity contribution < 1.29 is 29.0 Å². The molecular formula is C27H22BrNO6. The van der Waals surface area contributed by atoms with E-state index in [0.717, 1.165) is 10.0 Å². The first kappa shape index (κ1) is 24.2. The van der Waals surface area contributed by atoms with Crippen LogP contribution >= 0.6 is 15.9 Å². The fourth-order valence-electron chi connectivity index (χ4n) is 3.97. The number of hydrogen-bond donors (Lipinski definition) is 1. The standard InChI is InChI=1S/C27H22BrNO6/c1-15-4-11-19(14-21(15)28)29-23(16-5-7-18(8-6-16)27(33)35-3)22(25(31)26(29)32)24(30)17-9-12-20(34-2)13-10-17/h4-14,23,30H,1-3H3/b24-22-. The van der Waals surface area contributed by atoms with Gasteiger partial charge in [-0.05, 0) is 66.6 Å². The van der Waals surface area contributed by atoms with Crippen LogP contribution in [-0.4, -0.2) is 37.0 Å². The van der Waals surface area contributed by atoms with Gasteiger partial charge >= 0.3 is 5.97 Å². The van der Waals surface area contributed by atoms with Gasteiger partial charge in [0.2, 0.25) is 0 Å². The van der Waals surface area contributed by atoms with E-state index in [-0.39, 0.29) is 11.3 Å². The van der Waals surface area contributed by atoms with E-state index in [4.69, 9.17) is 9.47 Å². The Morgan fingerprint density at radius 3 is 2.14 bits per heavy atom. The Balaban J connectivity index is 1.91. The van der Waals surface area contributed by atoms with Crippen LogP contribution in [0.15, 0.2) is 76.8 Å². The molecule has 178 valence electrons. The number of amides is 1. The van der Waals surface area contributed by atoms with Gasteiger partial charge in [0, 0.05) is 15.7 Å². The molecule has 3 aromatic rings. The van der Waals surface area contributed by atoms with E-state index in [2.05, 4.69) is 15.9 Å². The molecule has 0 saturated carbocycles. The molecule has 0 aliphatic carbocycles. The molecule has 0 spiro atoms. The SMILES string of the molecule is COC(=O)c1ccc(C2/C(=C(/O)c3ccc(OC)cc3)C(=O)C(=O)N2c2ccc(C)c(Br)c2)cc1. The van der Waals surface area contributed by atoms with Crippen LogP contribution in [0.4, 0.5) is 5.69 Å². The van der Waals surface area contributed by atoms with Crippen molar-refractivity contribution in [3.05, 3.63) is 99.0 Å². The van der Waals surface area contributed by atoms with Crippen LogP contribution in [0.5, 0.6) is 5.75 Å². The number of ketones is 1. The summed E-state index contributed by atoms with van der Waals surface area (Å²) in [7, 11) is 2.81. The second-order valence-electron chi connectivity index (χ2n) is 7.94. The van der Waals surface area contributed by atoms with E-state index < -0.39 is 23.7 Å². The normalized spacial score (nSPS) is 16.9. The van der Waals surface area contributed by atoms with Crippen molar-refractivity contribution in [2.75, 3.05) is 19.1 Å². The van der Waals surface area contributed by atoms with Gasteiger partial charge in [0.25, 0.3) is 11.7 Å². The highest BCUT2D eigenvalue weighted by Crippen LogP contribution is 2.43. The van der Waals surface area contributed by atoms with E-state index in [1.54, 1.807) is 60.7 Å². The van der Waals surface area contributed by atoms with Crippen molar-refractivity contribution in [1.29, 1.82) is 0 Å². The van der Waals surface area contributed by atoms with Gasteiger partial charge in [0.1, 0.15) is 11.5 Å². The molecule has 0 radical (unpaired) electrons. The van der Waals surface area contributed by atoms with Gasteiger partial charge in [-0.1, -0.05) is 34.1 Å². The average Bonchev–Trinajstić information content (AvgIpc) is 3.15. The Labute approximate surface area is 210 Å². The summed E-state index contributed by atoms with van der Waals surface area (Å²) >= 11 is 3.48. The molecule has 1 atom stereocenters. The maximum Gasteiger partial charge on any atom is 0.337 e. The molecule has 7 nitrogen and oxygen atoms in total. The molecule has 1 N–H and O–H groups in total. The molecule has 1 heterocycles. The van der Waals surface area contributed by atoms with Gasteiger partial charge in [-0.25, -0.2) is 4.79 Å². The molecule has 3 aromatic carbocycles. The van der Waals surface area contributed by atoms with Crippen LogP contribution in [0.2, 0.25) is 0 Å². The van der Waals surface area contributed by atoms with E-state index in [1.807, 2.05) is 13.0 Å². The number of halogens is 1. The molecule has 0 aromatic heterocycles. The summed E-state index contributed by atoms with van der Waals surface area (Å²) < 4.78 is 10.7. The van der Waals surface area contributed by atoms with Crippen molar-refractivity contribution >= 4 is 45.0 Å². The van der Waals surface area contributed by atoms with Gasteiger partial charge < -0.3 is 14.6 Å². The summed E-state index contributed by atoms with van der Waals surface area (Å²) in [4.78, 5) is 39.8. The Kier molecular flexibility index (Phi) is 6.75. The quantitative estimate of drug-likeness (QED) is 0.209. The second-order valence-corrected chi connectivity index (χ2v) is 8.80. The first-order valence-corrected chi connectivity index (χ1v) is 11.5. The zero-order valence-corrected chi connectivity index (χ0v) is 20.8. The lowest BCUT2D eigenvalue weighted by Crippen LogP contribution is -2.29. The van der Waals surface area contributed by atoms with Crippen LogP contribution < -0.4 is 9.64 Å². The van der Waals surface area contributed by atoms with Gasteiger partial charge in [0.05, 0.1) is 31.4 Å². The van der Waals surface area contributed by atoms with Crippen molar-refractivity contribution in [2.24, 2.45) is 0 Å². The van der Waals surface area contributed by atoms with Crippen LogP contribution in [0.3, 0.4) is 0 Å². The summed E-state index contributed by atoms with van der Waals surface area (Å²) in [6, 6.07) is 17.3. The van der Waals surface area contributed by atoms with E-state index >= 15 is 0 Å². The number of carbonyl (C=O) groups is 3. The molecule has 1 aliphatic heterocycles. The fourth-order valence-corrected chi connectivity index (χ4v) is 4.34. The maximum absolute atomic E-state index is 13.3. The highest BCUT2D eigenvalue weighted by molar-refractivity contribution is 9.10. The topological polar surface area (TPSA) is 93.1 Å². The molecule has 1 saturated heterocycles. The Hall–Kier alpha value is -3.91. The summed E-state index contributed by atoms with van der Waals surface area (Å²) in [6.07, 6.45) is 0. The number of esters is 1. The molecule has 1 unspecified atom stereocenters. The van der Waals surface area contributed by atoms with Gasteiger partial charge in [-0.3, -0.25) is 14.5 Å². The van der Waals surface area contributed by atoms with Crippen LogP contribution in [0, 0.1) is 6.92 Å². The lowest BCUT2D eigenvalue weighted by molar-refractivity contribution is -0.132. The second kappa shape index (κ2) is 9.76. The Bertz CT molecular complexity index is 1350. The smallest absolute Gasteiger partial charge is 0.337 e. The third-order valence-corrected chi connectivity index (χ3v) is 6.74. The van der Waals surface area contributed by atoms with Crippen LogP contribution in [-0.2, 0) is 14.3 Å².